The smallest absolute Gasteiger partial charge is 0.316 e. The number of aryl methyl sites for hydroxylation is 1. The maximum atomic E-state index is 10.8. The largest absolute Gasteiger partial charge is 0.468 e. The summed E-state index contributed by atoms with van der Waals surface area (Å²) in [6.07, 6.45) is 1.59. The van der Waals surface area contributed by atoms with Crippen LogP contribution in [0, 0.1) is 6.92 Å². The van der Waals surface area contributed by atoms with E-state index in [0.717, 1.165) is 10.6 Å². The van der Waals surface area contributed by atoms with Crippen LogP contribution in [0.2, 0.25) is 0 Å². The second-order valence-electron chi connectivity index (χ2n) is 2.74. The molecule has 4 nitrogen and oxygen atoms in total. The minimum absolute atomic E-state index is 0.258. The fourth-order valence-corrected chi connectivity index (χ4v) is 1.58. The Morgan fingerprint density at radius 3 is 3.00 bits per heavy atom. The molecule has 0 bridgehead atoms. The fourth-order valence-electron chi connectivity index (χ4n) is 0.812. The van der Waals surface area contributed by atoms with Crippen LogP contribution in [0.15, 0.2) is 17.3 Å². The molecule has 0 aliphatic heterocycles. The molecule has 0 amide bonds. The number of nitrogen functional groups attached to an aromatic ring is 1. The van der Waals surface area contributed by atoms with Gasteiger partial charge in [0.25, 0.3) is 0 Å². The number of rotatable bonds is 3. The van der Waals surface area contributed by atoms with E-state index >= 15 is 0 Å². The third-order valence-electron chi connectivity index (χ3n) is 1.69. The van der Waals surface area contributed by atoms with Crippen molar-refractivity contribution in [2.24, 2.45) is 0 Å². The number of nitrogens with zero attached hydrogens (tertiary/aromatic N) is 1. The molecular weight excluding hydrogens is 200 g/mol. The molecule has 1 rings (SSSR count). The molecule has 0 saturated carbocycles. The monoisotopic (exact) mass is 212 g/mol. The van der Waals surface area contributed by atoms with Crippen LogP contribution < -0.4 is 5.73 Å². The molecule has 0 unspecified atom stereocenters. The number of pyridine rings is 1. The summed E-state index contributed by atoms with van der Waals surface area (Å²) in [7, 11) is 1.37. The molecule has 1 aromatic heterocycles. The number of carbonyl (C=O) groups excluding carboxylic acids is 1. The molecule has 0 aliphatic rings. The number of anilines is 1. The summed E-state index contributed by atoms with van der Waals surface area (Å²) >= 11 is 1.33. The van der Waals surface area contributed by atoms with Crippen molar-refractivity contribution in [2.45, 2.75) is 11.9 Å². The molecule has 5 heteroatoms. The zero-order valence-corrected chi connectivity index (χ0v) is 8.93. The van der Waals surface area contributed by atoms with E-state index in [1.165, 1.54) is 18.9 Å². The van der Waals surface area contributed by atoms with E-state index in [2.05, 4.69) is 9.72 Å². The van der Waals surface area contributed by atoms with Crippen LogP contribution in [0.3, 0.4) is 0 Å². The topological polar surface area (TPSA) is 65.2 Å². The molecule has 0 radical (unpaired) electrons. The lowest BCUT2D eigenvalue weighted by molar-refractivity contribution is -0.137. The van der Waals surface area contributed by atoms with Crippen molar-refractivity contribution in [3.63, 3.8) is 0 Å². The standard InChI is InChI=1S/C9H12N2O2S/c1-6-3-8(11-4-7(6)10)14-5-9(12)13-2/h3-4H,5,10H2,1-2H3. The number of ether oxygens (including phenoxy) is 1. The summed E-state index contributed by atoms with van der Waals surface area (Å²) in [4.78, 5) is 14.9. The van der Waals surface area contributed by atoms with Crippen molar-refractivity contribution in [1.29, 1.82) is 0 Å². The molecular formula is C9H12N2O2S. The maximum absolute atomic E-state index is 10.8. The van der Waals surface area contributed by atoms with Gasteiger partial charge in [-0.2, -0.15) is 0 Å². The predicted molar refractivity (Wildman–Crippen MR) is 56.1 cm³/mol. The molecule has 0 aliphatic carbocycles. The first kappa shape index (κ1) is 10.8. The van der Waals surface area contributed by atoms with Crippen molar-refractivity contribution in [1.82, 2.24) is 4.98 Å². The normalized spacial score (nSPS) is 9.86. The van der Waals surface area contributed by atoms with Gasteiger partial charge in [0.1, 0.15) is 0 Å². The van der Waals surface area contributed by atoms with E-state index in [-0.39, 0.29) is 11.7 Å². The van der Waals surface area contributed by atoms with E-state index in [1.54, 1.807) is 6.20 Å². The van der Waals surface area contributed by atoms with E-state index in [0.29, 0.717) is 5.69 Å². The Labute approximate surface area is 86.8 Å². The summed E-state index contributed by atoms with van der Waals surface area (Å²) in [6.45, 7) is 1.90. The Morgan fingerprint density at radius 2 is 2.43 bits per heavy atom. The van der Waals surface area contributed by atoms with Crippen molar-refractivity contribution in [3.05, 3.63) is 17.8 Å². The molecule has 0 aromatic carbocycles. The number of aromatic nitrogens is 1. The van der Waals surface area contributed by atoms with Gasteiger partial charge in [-0.15, -0.1) is 0 Å². The van der Waals surface area contributed by atoms with E-state index in [1.807, 2.05) is 13.0 Å². The van der Waals surface area contributed by atoms with Crippen LogP contribution in [0.25, 0.3) is 0 Å². The lowest BCUT2D eigenvalue weighted by atomic mass is 10.3. The van der Waals surface area contributed by atoms with Gasteiger partial charge in [0, 0.05) is 0 Å². The van der Waals surface area contributed by atoms with Gasteiger partial charge in [0.2, 0.25) is 0 Å². The van der Waals surface area contributed by atoms with Gasteiger partial charge in [0.15, 0.2) is 0 Å². The highest BCUT2D eigenvalue weighted by molar-refractivity contribution is 7.99. The average molecular weight is 212 g/mol. The van der Waals surface area contributed by atoms with Gasteiger partial charge < -0.3 is 10.5 Å². The van der Waals surface area contributed by atoms with Crippen molar-refractivity contribution < 1.29 is 9.53 Å². The number of esters is 1. The highest BCUT2D eigenvalue weighted by Crippen LogP contribution is 2.19. The van der Waals surface area contributed by atoms with Gasteiger partial charge in [-0.25, -0.2) is 4.98 Å². The number of methoxy groups -OCH3 is 1. The molecule has 1 heterocycles. The summed E-state index contributed by atoms with van der Waals surface area (Å²) in [5, 5.41) is 0.780. The van der Waals surface area contributed by atoms with Crippen LogP contribution in [0.4, 0.5) is 5.69 Å². The van der Waals surface area contributed by atoms with Crippen LogP contribution in [0.5, 0.6) is 0 Å². The zero-order chi connectivity index (χ0) is 10.6. The minimum Gasteiger partial charge on any atom is -0.468 e. The van der Waals surface area contributed by atoms with Gasteiger partial charge in [-0.3, -0.25) is 4.79 Å². The molecule has 0 spiro atoms. The van der Waals surface area contributed by atoms with Crippen molar-refractivity contribution in [3.8, 4) is 0 Å². The first-order chi connectivity index (χ1) is 6.63. The molecule has 0 atom stereocenters. The minimum atomic E-state index is -0.258. The summed E-state index contributed by atoms with van der Waals surface area (Å²) < 4.78 is 4.51. The van der Waals surface area contributed by atoms with Gasteiger partial charge in [0.05, 0.1) is 29.8 Å². The molecule has 2 N–H and O–H groups in total. The van der Waals surface area contributed by atoms with Gasteiger partial charge >= 0.3 is 5.97 Å². The second kappa shape index (κ2) is 4.85. The lowest BCUT2D eigenvalue weighted by Gasteiger charge is -2.02. The summed E-state index contributed by atoms with van der Waals surface area (Å²) in [5.74, 6) is 0.0126. The van der Waals surface area contributed by atoms with Gasteiger partial charge in [-0.1, -0.05) is 11.8 Å². The number of thioether (sulfide) groups is 1. The number of nitrogens with two attached hydrogens (primary N) is 1. The van der Waals surface area contributed by atoms with Gasteiger partial charge in [-0.05, 0) is 18.6 Å². The lowest BCUT2D eigenvalue weighted by Crippen LogP contribution is -2.03. The first-order valence-corrected chi connectivity index (χ1v) is 5.03. The molecule has 76 valence electrons. The van der Waals surface area contributed by atoms with Crippen LogP contribution in [0.1, 0.15) is 5.56 Å². The zero-order valence-electron chi connectivity index (χ0n) is 8.11. The molecule has 0 saturated heterocycles. The van der Waals surface area contributed by atoms with Crippen LogP contribution in [-0.2, 0) is 9.53 Å². The average Bonchev–Trinajstić information content (AvgIpc) is 2.19. The number of carbonyl (C=O) groups is 1. The number of hydrogen-bond acceptors (Lipinski definition) is 5. The molecule has 1 aromatic rings. The SMILES string of the molecule is COC(=O)CSc1cc(C)c(N)cn1. The third kappa shape index (κ3) is 2.92. The van der Waals surface area contributed by atoms with Crippen molar-refractivity contribution in [2.75, 3.05) is 18.6 Å². The van der Waals surface area contributed by atoms with Crippen LogP contribution in [-0.4, -0.2) is 23.8 Å². The number of hydrogen-bond donors (Lipinski definition) is 1. The quantitative estimate of drug-likeness (QED) is 0.603. The Morgan fingerprint density at radius 1 is 1.71 bits per heavy atom. The molecule has 0 fully saturated rings. The highest BCUT2D eigenvalue weighted by atomic mass is 32.2. The van der Waals surface area contributed by atoms with Crippen molar-refractivity contribution >= 4 is 23.4 Å². The Kier molecular flexibility index (Phi) is 3.76. The second-order valence-corrected chi connectivity index (χ2v) is 3.74. The van der Waals surface area contributed by atoms with E-state index in [9.17, 15) is 4.79 Å². The predicted octanol–water partition coefficient (Wildman–Crippen LogP) is 1.24. The van der Waals surface area contributed by atoms with Crippen LogP contribution >= 0.6 is 11.8 Å². The highest BCUT2D eigenvalue weighted by Gasteiger charge is 2.03. The Bertz CT molecular complexity index is 342. The van der Waals surface area contributed by atoms with E-state index < -0.39 is 0 Å². The summed E-state index contributed by atoms with van der Waals surface area (Å²) in [6, 6.07) is 1.85. The molecule has 14 heavy (non-hydrogen) atoms. The Balaban J connectivity index is 2.60. The van der Waals surface area contributed by atoms with E-state index in [4.69, 9.17) is 5.73 Å². The first-order valence-electron chi connectivity index (χ1n) is 4.05. The Hall–Kier alpha value is -1.23. The third-order valence-corrected chi connectivity index (χ3v) is 2.59. The summed E-state index contributed by atoms with van der Waals surface area (Å²) in [5.41, 5.74) is 7.23. The maximum Gasteiger partial charge on any atom is 0.316 e. The fraction of sp³-hybridized carbons (Fsp3) is 0.333.